The fraction of sp³-hybridized carbons (Fsp3) is 0.550. The van der Waals surface area contributed by atoms with Crippen LogP contribution in [0.1, 0.15) is 74.5 Å². The standard InChI is InChI=1S/C20H27N5O2S/c1-3-14(2)25(20(27)17-13-28-24-23-17)18(15-8-7-11-21-12-15)19(26)22-16-9-5-4-6-10-16/h7-8,11-14,16,18H,3-6,9-10H2,1-2H3,(H,22,26). The van der Waals surface area contributed by atoms with Crippen molar-refractivity contribution >= 4 is 23.3 Å². The molecule has 150 valence electrons. The first-order chi connectivity index (χ1) is 13.6. The molecule has 3 rings (SSSR count). The molecule has 7 nitrogen and oxygen atoms in total. The molecule has 2 unspecified atom stereocenters. The number of hydrogen-bond acceptors (Lipinski definition) is 6. The zero-order valence-electron chi connectivity index (χ0n) is 16.4. The van der Waals surface area contributed by atoms with E-state index in [9.17, 15) is 9.59 Å². The van der Waals surface area contributed by atoms with Gasteiger partial charge in [-0.25, -0.2) is 0 Å². The van der Waals surface area contributed by atoms with E-state index >= 15 is 0 Å². The van der Waals surface area contributed by atoms with Gasteiger partial charge in [-0.15, -0.1) is 5.10 Å². The molecule has 2 amide bonds. The third kappa shape index (κ3) is 4.73. The molecule has 1 fully saturated rings. The number of pyridine rings is 1. The van der Waals surface area contributed by atoms with Crippen molar-refractivity contribution in [2.24, 2.45) is 0 Å². The minimum atomic E-state index is -0.750. The second kappa shape index (κ2) is 9.73. The van der Waals surface area contributed by atoms with Crippen LogP contribution >= 0.6 is 11.5 Å². The Labute approximate surface area is 169 Å². The Morgan fingerprint density at radius 1 is 1.32 bits per heavy atom. The number of carbonyl (C=O) groups excluding carboxylic acids is 2. The Hall–Kier alpha value is -2.35. The van der Waals surface area contributed by atoms with Gasteiger partial charge in [0.05, 0.1) is 0 Å². The smallest absolute Gasteiger partial charge is 0.276 e. The number of nitrogens with one attached hydrogen (secondary N) is 1. The molecule has 2 aromatic rings. The highest BCUT2D eigenvalue weighted by Gasteiger charge is 2.36. The number of amides is 2. The van der Waals surface area contributed by atoms with Crippen LogP contribution in [0.25, 0.3) is 0 Å². The molecule has 1 aliphatic rings. The first kappa shape index (κ1) is 20.4. The van der Waals surface area contributed by atoms with Crippen LogP contribution in [0.5, 0.6) is 0 Å². The fourth-order valence-corrected chi connectivity index (χ4v) is 4.09. The van der Waals surface area contributed by atoms with Crippen LogP contribution in [-0.4, -0.2) is 43.4 Å². The molecule has 0 bridgehead atoms. The van der Waals surface area contributed by atoms with E-state index in [-0.39, 0.29) is 29.6 Å². The number of hydrogen-bond donors (Lipinski definition) is 1. The maximum absolute atomic E-state index is 13.4. The maximum Gasteiger partial charge on any atom is 0.276 e. The topological polar surface area (TPSA) is 88.1 Å². The molecule has 0 spiro atoms. The summed E-state index contributed by atoms with van der Waals surface area (Å²) in [6.45, 7) is 3.96. The molecule has 0 radical (unpaired) electrons. The summed E-state index contributed by atoms with van der Waals surface area (Å²) < 4.78 is 3.81. The molecule has 1 N–H and O–H groups in total. The van der Waals surface area contributed by atoms with Gasteiger partial charge >= 0.3 is 0 Å². The molecule has 1 aliphatic carbocycles. The second-order valence-electron chi connectivity index (χ2n) is 7.29. The van der Waals surface area contributed by atoms with Gasteiger partial charge in [0, 0.05) is 35.4 Å². The number of carbonyl (C=O) groups is 2. The average molecular weight is 402 g/mol. The Bertz CT molecular complexity index is 762. The van der Waals surface area contributed by atoms with E-state index in [1.165, 1.54) is 6.42 Å². The highest BCUT2D eigenvalue weighted by molar-refractivity contribution is 7.03. The number of rotatable bonds is 7. The Morgan fingerprint density at radius 3 is 2.71 bits per heavy atom. The average Bonchev–Trinajstić information content (AvgIpc) is 3.27. The summed E-state index contributed by atoms with van der Waals surface area (Å²) in [5, 5.41) is 8.74. The molecule has 2 aromatic heterocycles. The lowest BCUT2D eigenvalue weighted by Gasteiger charge is -2.36. The minimum absolute atomic E-state index is 0.142. The molecular weight excluding hydrogens is 374 g/mol. The zero-order chi connectivity index (χ0) is 19.9. The minimum Gasteiger partial charge on any atom is -0.351 e. The maximum atomic E-state index is 13.4. The molecule has 1 saturated carbocycles. The van der Waals surface area contributed by atoms with Crippen LogP contribution in [0.2, 0.25) is 0 Å². The molecule has 2 atom stereocenters. The van der Waals surface area contributed by atoms with Crippen LogP contribution < -0.4 is 5.32 Å². The van der Waals surface area contributed by atoms with Gasteiger partial charge in [-0.1, -0.05) is 36.7 Å². The lowest BCUT2D eigenvalue weighted by Crippen LogP contribution is -2.50. The van der Waals surface area contributed by atoms with Gasteiger partial charge in [0.2, 0.25) is 5.91 Å². The third-order valence-corrected chi connectivity index (χ3v) is 5.86. The highest BCUT2D eigenvalue weighted by atomic mass is 32.1. The van der Waals surface area contributed by atoms with Crippen molar-refractivity contribution in [2.45, 2.75) is 70.5 Å². The molecular formula is C20H27N5O2S. The van der Waals surface area contributed by atoms with Gasteiger partial charge in [0.15, 0.2) is 5.69 Å². The molecule has 2 heterocycles. The Morgan fingerprint density at radius 2 is 2.11 bits per heavy atom. The lowest BCUT2D eigenvalue weighted by molar-refractivity contribution is -0.127. The van der Waals surface area contributed by atoms with E-state index in [0.29, 0.717) is 5.56 Å². The Kier molecular flexibility index (Phi) is 7.08. The van der Waals surface area contributed by atoms with Gasteiger partial charge in [0.1, 0.15) is 6.04 Å². The first-order valence-electron chi connectivity index (χ1n) is 9.91. The SMILES string of the molecule is CCC(C)N(C(=O)c1csnn1)C(C(=O)NC1CCCCC1)c1cccnc1. The summed E-state index contributed by atoms with van der Waals surface area (Å²) in [6, 6.07) is 2.91. The van der Waals surface area contributed by atoms with E-state index in [1.807, 2.05) is 19.9 Å². The summed E-state index contributed by atoms with van der Waals surface area (Å²) in [5.41, 5.74) is 0.970. The summed E-state index contributed by atoms with van der Waals surface area (Å²) in [5.74, 6) is -0.438. The first-order valence-corrected chi connectivity index (χ1v) is 10.8. The molecule has 0 saturated heterocycles. The fourth-order valence-electron chi connectivity index (χ4n) is 3.66. The monoisotopic (exact) mass is 401 g/mol. The van der Waals surface area contributed by atoms with Crippen molar-refractivity contribution in [1.82, 2.24) is 24.8 Å². The van der Waals surface area contributed by atoms with Gasteiger partial charge in [-0.3, -0.25) is 14.6 Å². The van der Waals surface area contributed by atoms with Gasteiger partial charge < -0.3 is 10.2 Å². The summed E-state index contributed by atoms with van der Waals surface area (Å²) in [6.07, 6.45) is 9.48. The predicted octanol–water partition coefficient (Wildman–Crippen LogP) is 3.36. The van der Waals surface area contributed by atoms with Gasteiger partial charge in [-0.05, 0) is 43.8 Å². The van der Waals surface area contributed by atoms with Crippen molar-refractivity contribution in [2.75, 3.05) is 0 Å². The number of aromatic nitrogens is 3. The quantitative estimate of drug-likeness (QED) is 0.768. The molecule has 28 heavy (non-hydrogen) atoms. The lowest BCUT2D eigenvalue weighted by atomic mass is 9.94. The van der Waals surface area contributed by atoms with E-state index in [4.69, 9.17) is 0 Å². The highest BCUT2D eigenvalue weighted by Crippen LogP contribution is 2.27. The number of nitrogens with zero attached hydrogens (tertiary/aromatic N) is 4. The summed E-state index contributed by atoms with van der Waals surface area (Å²) >= 11 is 1.13. The summed E-state index contributed by atoms with van der Waals surface area (Å²) in [7, 11) is 0. The molecule has 0 aromatic carbocycles. The molecule has 0 aliphatic heterocycles. The largest absolute Gasteiger partial charge is 0.351 e. The van der Waals surface area contributed by atoms with E-state index in [2.05, 4.69) is 19.9 Å². The third-order valence-electron chi connectivity index (χ3n) is 5.36. The summed E-state index contributed by atoms with van der Waals surface area (Å²) in [4.78, 5) is 32.4. The van der Waals surface area contributed by atoms with Crippen LogP contribution in [0, 0.1) is 0 Å². The van der Waals surface area contributed by atoms with E-state index in [1.54, 1.807) is 28.7 Å². The molecule has 8 heteroatoms. The van der Waals surface area contributed by atoms with Crippen molar-refractivity contribution < 1.29 is 9.59 Å². The van der Waals surface area contributed by atoms with Crippen LogP contribution in [0.3, 0.4) is 0 Å². The predicted molar refractivity (Wildman–Crippen MR) is 108 cm³/mol. The van der Waals surface area contributed by atoms with Gasteiger partial charge in [-0.2, -0.15) is 0 Å². The van der Waals surface area contributed by atoms with Crippen molar-refractivity contribution in [3.05, 3.63) is 41.2 Å². The van der Waals surface area contributed by atoms with E-state index in [0.717, 1.165) is 43.6 Å². The second-order valence-corrected chi connectivity index (χ2v) is 7.90. The van der Waals surface area contributed by atoms with E-state index < -0.39 is 6.04 Å². The Balaban J connectivity index is 1.94. The normalized spacial score (nSPS) is 16.9. The van der Waals surface area contributed by atoms with Crippen LogP contribution in [-0.2, 0) is 4.79 Å². The van der Waals surface area contributed by atoms with Crippen molar-refractivity contribution in [3.8, 4) is 0 Å². The zero-order valence-corrected chi connectivity index (χ0v) is 17.2. The van der Waals surface area contributed by atoms with Crippen molar-refractivity contribution in [1.29, 1.82) is 0 Å². The van der Waals surface area contributed by atoms with Crippen molar-refractivity contribution in [3.63, 3.8) is 0 Å². The van der Waals surface area contributed by atoms with Crippen LogP contribution in [0.4, 0.5) is 0 Å². The van der Waals surface area contributed by atoms with Gasteiger partial charge in [0.25, 0.3) is 5.91 Å². The van der Waals surface area contributed by atoms with Crippen LogP contribution in [0.15, 0.2) is 29.9 Å².